The lowest BCUT2D eigenvalue weighted by Crippen LogP contribution is -2.54. The smallest absolute Gasteiger partial charge is 0.317 e. The fourth-order valence-corrected chi connectivity index (χ4v) is 1.90. The number of hydrogen-bond acceptors (Lipinski definition) is 3. The molecule has 0 radical (unpaired) electrons. The van der Waals surface area contributed by atoms with Gasteiger partial charge in [-0.25, -0.2) is 4.79 Å². The first-order valence-electron chi connectivity index (χ1n) is 6.34. The van der Waals surface area contributed by atoms with Crippen molar-refractivity contribution >= 4 is 12.0 Å². The Hall–Kier alpha value is -1.30. The lowest BCUT2D eigenvalue weighted by atomic mass is 10.1. The van der Waals surface area contributed by atoms with Crippen LogP contribution in [0.3, 0.4) is 0 Å². The van der Waals surface area contributed by atoms with E-state index in [0.29, 0.717) is 19.6 Å². The van der Waals surface area contributed by atoms with Gasteiger partial charge in [0.1, 0.15) is 0 Å². The van der Waals surface area contributed by atoms with E-state index in [1.807, 2.05) is 13.8 Å². The van der Waals surface area contributed by atoms with Crippen molar-refractivity contribution in [3.05, 3.63) is 0 Å². The maximum Gasteiger partial charge on any atom is 0.317 e. The molecule has 1 saturated heterocycles. The minimum absolute atomic E-state index is 0.0195. The van der Waals surface area contributed by atoms with Crippen molar-refractivity contribution < 1.29 is 19.4 Å². The highest BCUT2D eigenvalue weighted by atomic mass is 16.5. The molecule has 0 aromatic rings. The molecule has 18 heavy (non-hydrogen) atoms. The topological polar surface area (TPSA) is 78.9 Å². The molecule has 2 amide bonds. The Morgan fingerprint density at radius 1 is 1.50 bits per heavy atom. The van der Waals surface area contributed by atoms with Crippen molar-refractivity contribution in [1.29, 1.82) is 0 Å². The van der Waals surface area contributed by atoms with Crippen LogP contribution in [0.4, 0.5) is 4.79 Å². The van der Waals surface area contributed by atoms with Crippen LogP contribution in [0, 0.1) is 5.92 Å². The monoisotopic (exact) mass is 258 g/mol. The summed E-state index contributed by atoms with van der Waals surface area (Å²) in [4.78, 5) is 24.5. The maximum atomic E-state index is 12.0. The number of ether oxygens (including phenoxy) is 1. The molecule has 0 saturated carbocycles. The van der Waals surface area contributed by atoms with Gasteiger partial charge in [0.15, 0.2) is 0 Å². The van der Waals surface area contributed by atoms with E-state index < -0.39 is 11.9 Å². The lowest BCUT2D eigenvalue weighted by molar-refractivity contribution is -0.141. The molecule has 1 aliphatic heterocycles. The number of carbonyl (C=O) groups excluding carboxylic acids is 1. The number of carbonyl (C=O) groups is 2. The summed E-state index contributed by atoms with van der Waals surface area (Å²) in [7, 11) is 0. The van der Waals surface area contributed by atoms with Gasteiger partial charge in [-0.2, -0.15) is 0 Å². The highest BCUT2D eigenvalue weighted by Gasteiger charge is 2.28. The highest BCUT2D eigenvalue weighted by Crippen LogP contribution is 2.11. The molecule has 1 aliphatic rings. The van der Waals surface area contributed by atoms with E-state index >= 15 is 0 Å². The van der Waals surface area contributed by atoms with Gasteiger partial charge in [0.05, 0.1) is 24.7 Å². The van der Waals surface area contributed by atoms with Crippen LogP contribution in [0.15, 0.2) is 0 Å². The van der Waals surface area contributed by atoms with Crippen molar-refractivity contribution in [1.82, 2.24) is 10.2 Å². The van der Waals surface area contributed by atoms with E-state index in [-0.39, 0.29) is 24.7 Å². The van der Waals surface area contributed by atoms with Crippen molar-refractivity contribution in [3.8, 4) is 0 Å². The van der Waals surface area contributed by atoms with Gasteiger partial charge in [-0.15, -0.1) is 0 Å². The third-order valence-electron chi connectivity index (χ3n) is 3.21. The third kappa shape index (κ3) is 3.87. The molecule has 0 spiro atoms. The summed E-state index contributed by atoms with van der Waals surface area (Å²) >= 11 is 0. The van der Waals surface area contributed by atoms with Crippen LogP contribution in [0.25, 0.3) is 0 Å². The van der Waals surface area contributed by atoms with E-state index in [1.54, 1.807) is 11.8 Å². The second-order valence-electron chi connectivity index (χ2n) is 4.77. The van der Waals surface area contributed by atoms with Gasteiger partial charge >= 0.3 is 12.0 Å². The Morgan fingerprint density at radius 3 is 2.72 bits per heavy atom. The van der Waals surface area contributed by atoms with Gasteiger partial charge in [-0.05, 0) is 20.3 Å². The van der Waals surface area contributed by atoms with E-state index in [0.717, 1.165) is 0 Å². The zero-order chi connectivity index (χ0) is 13.7. The number of carboxylic acids is 1. The van der Waals surface area contributed by atoms with Crippen molar-refractivity contribution in [2.45, 2.75) is 39.3 Å². The van der Waals surface area contributed by atoms with E-state index in [9.17, 15) is 9.59 Å². The molecule has 6 nitrogen and oxygen atoms in total. The highest BCUT2D eigenvalue weighted by molar-refractivity contribution is 5.76. The Kier molecular flexibility index (Phi) is 5.40. The van der Waals surface area contributed by atoms with Gasteiger partial charge in [0.2, 0.25) is 0 Å². The minimum atomic E-state index is -0.874. The minimum Gasteiger partial charge on any atom is -0.481 e. The molecule has 0 bridgehead atoms. The largest absolute Gasteiger partial charge is 0.481 e. The number of amides is 2. The molecule has 0 aromatic carbocycles. The Labute approximate surface area is 107 Å². The van der Waals surface area contributed by atoms with E-state index in [1.165, 1.54) is 0 Å². The van der Waals surface area contributed by atoms with Crippen molar-refractivity contribution in [3.63, 3.8) is 0 Å². The van der Waals surface area contributed by atoms with E-state index in [4.69, 9.17) is 9.84 Å². The summed E-state index contributed by atoms with van der Waals surface area (Å²) < 4.78 is 5.44. The zero-order valence-corrected chi connectivity index (χ0v) is 11.2. The Bertz CT molecular complexity index is 308. The standard InChI is InChI=1S/C12H22N2O4/c1-4-10(11(15)16)5-13-12(17)14-6-9(3)18-7-8(14)2/h8-10H,4-7H2,1-3H3,(H,13,17)(H,15,16). The first kappa shape index (κ1) is 14.8. The van der Waals surface area contributed by atoms with Crippen LogP contribution in [0.5, 0.6) is 0 Å². The predicted molar refractivity (Wildman–Crippen MR) is 66.4 cm³/mol. The van der Waals surface area contributed by atoms with Crippen LogP contribution < -0.4 is 5.32 Å². The van der Waals surface area contributed by atoms with Gasteiger partial charge in [0.25, 0.3) is 0 Å². The number of morpholine rings is 1. The number of aliphatic carboxylic acids is 1. The van der Waals surface area contributed by atoms with Gasteiger partial charge in [-0.1, -0.05) is 6.92 Å². The summed E-state index contributed by atoms with van der Waals surface area (Å²) in [6, 6.07) is -0.191. The molecular weight excluding hydrogens is 236 g/mol. The van der Waals surface area contributed by atoms with Crippen LogP contribution in [0.1, 0.15) is 27.2 Å². The van der Waals surface area contributed by atoms with Gasteiger partial charge < -0.3 is 20.1 Å². The maximum absolute atomic E-state index is 12.0. The number of carboxylic acid groups (broad SMARTS) is 1. The van der Waals surface area contributed by atoms with Crippen LogP contribution >= 0.6 is 0 Å². The average Bonchev–Trinajstić information content (AvgIpc) is 2.32. The quantitative estimate of drug-likeness (QED) is 0.785. The first-order chi connectivity index (χ1) is 8.45. The molecule has 1 heterocycles. The number of urea groups is 1. The van der Waals surface area contributed by atoms with Gasteiger partial charge in [-0.3, -0.25) is 4.79 Å². The summed E-state index contributed by atoms with van der Waals surface area (Å²) in [5, 5.41) is 11.6. The predicted octanol–water partition coefficient (Wildman–Crippen LogP) is 0.916. The third-order valence-corrected chi connectivity index (χ3v) is 3.21. The van der Waals surface area contributed by atoms with Gasteiger partial charge in [0, 0.05) is 13.1 Å². The number of nitrogens with one attached hydrogen (secondary N) is 1. The Balaban J connectivity index is 2.46. The first-order valence-corrected chi connectivity index (χ1v) is 6.34. The van der Waals surface area contributed by atoms with Crippen LogP contribution in [0.2, 0.25) is 0 Å². The summed E-state index contributed by atoms with van der Waals surface area (Å²) in [5.41, 5.74) is 0. The zero-order valence-electron chi connectivity index (χ0n) is 11.2. The van der Waals surface area contributed by atoms with Crippen LogP contribution in [-0.4, -0.2) is 53.8 Å². The number of nitrogens with zero attached hydrogens (tertiary/aromatic N) is 1. The molecule has 1 fully saturated rings. The molecule has 3 unspecified atom stereocenters. The second-order valence-corrected chi connectivity index (χ2v) is 4.77. The second kappa shape index (κ2) is 6.58. The Morgan fingerprint density at radius 2 is 2.17 bits per heavy atom. The molecule has 6 heteroatoms. The molecule has 2 N–H and O–H groups in total. The van der Waals surface area contributed by atoms with Crippen LogP contribution in [-0.2, 0) is 9.53 Å². The number of rotatable bonds is 4. The SMILES string of the molecule is CCC(CNC(=O)N1CC(C)OCC1C)C(=O)O. The molecular formula is C12H22N2O4. The summed E-state index contributed by atoms with van der Waals surface area (Å²) in [6.45, 7) is 6.85. The average molecular weight is 258 g/mol. The summed E-state index contributed by atoms with van der Waals surface area (Å²) in [6.07, 6.45) is 0.526. The molecule has 0 aromatic heterocycles. The van der Waals surface area contributed by atoms with Crippen molar-refractivity contribution in [2.24, 2.45) is 5.92 Å². The normalized spacial score (nSPS) is 25.6. The summed E-state index contributed by atoms with van der Waals surface area (Å²) in [5.74, 6) is -1.40. The lowest BCUT2D eigenvalue weighted by Gasteiger charge is -2.36. The fourth-order valence-electron chi connectivity index (χ4n) is 1.90. The van der Waals surface area contributed by atoms with Crippen molar-refractivity contribution in [2.75, 3.05) is 19.7 Å². The molecule has 1 rings (SSSR count). The van der Waals surface area contributed by atoms with E-state index in [2.05, 4.69) is 5.32 Å². The fraction of sp³-hybridized carbons (Fsp3) is 0.833. The number of hydrogen-bond donors (Lipinski definition) is 2. The molecule has 0 aliphatic carbocycles. The molecule has 3 atom stereocenters. The molecule has 104 valence electrons.